The van der Waals surface area contributed by atoms with Crippen molar-refractivity contribution < 1.29 is 4.39 Å². The van der Waals surface area contributed by atoms with Crippen molar-refractivity contribution in [2.75, 3.05) is 11.4 Å². The standard InChI is InChI=1S/C21H17FN4S/c22-17-8-10-18(11-9-17)25-12-13-26-20(25)23-24-21(26)27-14-16-6-3-5-15-4-1-2-7-19(15)16/h1-11H,12-14H2. The van der Waals surface area contributed by atoms with Gasteiger partial charge in [0.1, 0.15) is 5.82 Å². The van der Waals surface area contributed by atoms with E-state index in [0.29, 0.717) is 0 Å². The highest BCUT2D eigenvalue weighted by Gasteiger charge is 2.26. The molecule has 0 amide bonds. The van der Waals surface area contributed by atoms with E-state index >= 15 is 0 Å². The maximum Gasteiger partial charge on any atom is 0.232 e. The molecule has 0 saturated carbocycles. The van der Waals surface area contributed by atoms with Crippen LogP contribution in [0.2, 0.25) is 0 Å². The fourth-order valence-electron chi connectivity index (χ4n) is 3.51. The smallest absolute Gasteiger partial charge is 0.232 e. The van der Waals surface area contributed by atoms with Crippen molar-refractivity contribution in [2.24, 2.45) is 0 Å². The molecular formula is C21H17FN4S. The predicted octanol–water partition coefficient (Wildman–Crippen LogP) is 5.01. The van der Waals surface area contributed by atoms with Gasteiger partial charge in [-0.2, -0.15) is 0 Å². The maximum absolute atomic E-state index is 13.2. The molecule has 0 saturated heterocycles. The van der Waals surface area contributed by atoms with E-state index < -0.39 is 0 Å². The molecule has 0 unspecified atom stereocenters. The summed E-state index contributed by atoms with van der Waals surface area (Å²) in [5, 5.41) is 12.2. The molecule has 2 heterocycles. The van der Waals surface area contributed by atoms with E-state index in [9.17, 15) is 4.39 Å². The molecule has 27 heavy (non-hydrogen) atoms. The zero-order valence-corrected chi connectivity index (χ0v) is 15.4. The lowest BCUT2D eigenvalue weighted by Crippen LogP contribution is -2.14. The second-order valence-corrected chi connectivity index (χ2v) is 7.43. The van der Waals surface area contributed by atoms with E-state index in [1.165, 1.54) is 28.5 Å². The van der Waals surface area contributed by atoms with Crippen LogP contribution in [0.4, 0.5) is 16.0 Å². The molecule has 4 aromatic rings. The molecule has 0 atom stereocenters. The first-order valence-corrected chi connectivity index (χ1v) is 9.84. The van der Waals surface area contributed by atoms with Gasteiger partial charge in [0.25, 0.3) is 0 Å². The van der Waals surface area contributed by atoms with Crippen LogP contribution in [-0.2, 0) is 12.3 Å². The Bertz CT molecular complexity index is 1100. The van der Waals surface area contributed by atoms with Crippen molar-refractivity contribution >= 4 is 34.2 Å². The summed E-state index contributed by atoms with van der Waals surface area (Å²) in [5.74, 6) is 1.43. The summed E-state index contributed by atoms with van der Waals surface area (Å²) in [4.78, 5) is 2.08. The third kappa shape index (κ3) is 2.96. The van der Waals surface area contributed by atoms with Gasteiger partial charge in [0.15, 0.2) is 5.16 Å². The van der Waals surface area contributed by atoms with Crippen LogP contribution in [0.1, 0.15) is 5.56 Å². The summed E-state index contributed by atoms with van der Waals surface area (Å²) in [6, 6.07) is 21.4. The predicted molar refractivity (Wildman–Crippen MR) is 107 cm³/mol. The number of hydrogen-bond donors (Lipinski definition) is 0. The Kier molecular flexibility index (Phi) is 4.05. The molecule has 0 bridgehead atoms. The minimum atomic E-state index is -0.231. The van der Waals surface area contributed by atoms with Gasteiger partial charge < -0.3 is 4.90 Å². The molecule has 1 aromatic heterocycles. The van der Waals surface area contributed by atoms with Crippen LogP contribution in [0.25, 0.3) is 10.8 Å². The van der Waals surface area contributed by atoms with Crippen LogP contribution in [-0.4, -0.2) is 21.3 Å². The second-order valence-electron chi connectivity index (χ2n) is 6.49. The fourth-order valence-corrected chi connectivity index (χ4v) is 4.47. The first kappa shape index (κ1) is 16.3. The summed E-state index contributed by atoms with van der Waals surface area (Å²) in [5.41, 5.74) is 2.23. The van der Waals surface area contributed by atoms with Gasteiger partial charge in [0, 0.05) is 24.5 Å². The van der Waals surface area contributed by atoms with Crippen LogP contribution >= 0.6 is 11.8 Å². The van der Waals surface area contributed by atoms with Gasteiger partial charge in [-0.25, -0.2) is 4.39 Å². The average Bonchev–Trinajstić information content (AvgIpc) is 3.29. The quantitative estimate of drug-likeness (QED) is 0.469. The summed E-state index contributed by atoms with van der Waals surface area (Å²) < 4.78 is 15.3. The van der Waals surface area contributed by atoms with Gasteiger partial charge >= 0.3 is 0 Å². The Morgan fingerprint density at radius 2 is 1.70 bits per heavy atom. The summed E-state index contributed by atoms with van der Waals surface area (Å²) in [7, 11) is 0. The zero-order valence-electron chi connectivity index (χ0n) is 14.5. The topological polar surface area (TPSA) is 34.0 Å². The molecule has 0 N–H and O–H groups in total. The third-order valence-electron chi connectivity index (χ3n) is 4.86. The Morgan fingerprint density at radius 1 is 0.889 bits per heavy atom. The Labute approximate surface area is 160 Å². The molecule has 5 rings (SSSR count). The summed E-state index contributed by atoms with van der Waals surface area (Å²) in [6.07, 6.45) is 0. The number of aromatic nitrogens is 3. The SMILES string of the molecule is Fc1ccc(N2CCn3c(SCc4cccc5ccccc45)nnc32)cc1. The van der Waals surface area contributed by atoms with E-state index in [4.69, 9.17) is 0 Å². The molecule has 3 aromatic carbocycles. The number of hydrogen-bond acceptors (Lipinski definition) is 4. The Balaban J connectivity index is 1.39. The number of halogens is 1. The van der Waals surface area contributed by atoms with Crippen molar-refractivity contribution in [3.05, 3.63) is 78.1 Å². The van der Waals surface area contributed by atoms with Crippen molar-refractivity contribution in [1.82, 2.24) is 14.8 Å². The minimum absolute atomic E-state index is 0.231. The van der Waals surface area contributed by atoms with Gasteiger partial charge in [-0.05, 0) is 40.6 Å². The van der Waals surface area contributed by atoms with E-state index in [0.717, 1.165) is 35.6 Å². The number of rotatable bonds is 4. The normalized spacial score (nSPS) is 13.3. The molecule has 0 spiro atoms. The summed E-state index contributed by atoms with van der Waals surface area (Å²) in [6.45, 7) is 1.65. The maximum atomic E-state index is 13.2. The van der Waals surface area contributed by atoms with Crippen LogP contribution in [0.3, 0.4) is 0 Å². The van der Waals surface area contributed by atoms with E-state index in [-0.39, 0.29) is 5.82 Å². The number of thioether (sulfide) groups is 1. The van der Waals surface area contributed by atoms with Gasteiger partial charge in [-0.1, -0.05) is 54.2 Å². The summed E-state index contributed by atoms with van der Waals surface area (Å²) >= 11 is 1.70. The van der Waals surface area contributed by atoms with Crippen LogP contribution < -0.4 is 4.90 Å². The molecule has 134 valence electrons. The van der Waals surface area contributed by atoms with Crippen molar-refractivity contribution in [2.45, 2.75) is 17.5 Å². The lowest BCUT2D eigenvalue weighted by atomic mass is 10.1. The van der Waals surface area contributed by atoms with Crippen molar-refractivity contribution in [3.63, 3.8) is 0 Å². The van der Waals surface area contributed by atoms with Gasteiger partial charge in [0.2, 0.25) is 5.95 Å². The number of nitrogens with zero attached hydrogens (tertiary/aromatic N) is 4. The average molecular weight is 376 g/mol. The minimum Gasteiger partial charge on any atom is -0.309 e. The van der Waals surface area contributed by atoms with Crippen LogP contribution in [0, 0.1) is 5.82 Å². The zero-order chi connectivity index (χ0) is 18.2. The molecule has 1 aliphatic heterocycles. The van der Waals surface area contributed by atoms with Gasteiger partial charge in [0.05, 0.1) is 0 Å². The lowest BCUT2D eigenvalue weighted by molar-refractivity contribution is 0.627. The molecule has 1 aliphatic rings. The monoisotopic (exact) mass is 376 g/mol. The first-order valence-electron chi connectivity index (χ1n) is 8.85. The highest BCUT2D eigenvalue weighted by molar-refractivity contribution is 7.98. The molecule has 6 heteroatoms. The van der Waals surface area contributed by atoms with Crippen molar-refractivity contribution in [3.8, 4) is 0 Å². The number of fused-ring (bicyclic) bond motifs is 2. The molecular weight excluding hydrogens is 359 g/mol. The lowest BCUT2D eigenvalue weighted by Gasteiger charge is -2.14. The number of benzene rings is 3. The van der Waals surface area contributed by atoms with E-state index in [1.807, 2.05) is 0 Å². The van der Waals surface area contributed by atoms with Gasteiger partial charge in [-0.3, -0.25) is 4.57 Å². The van der Waals surface area contributed by atoms with E-state index in [2.05, 4.69) is 62.1 Å². The Morgan fingerprint density at radius 3 is 2.59 bits per heavy atom. The third-order valence-corrected chi connectivity index (χ3v) is 5.88. The van der Waals surface area contributed by atoms with E-state index in [1.54, 1.807) is 23.9 Å². The highest BCUT2D eigenvalue weighted by atomic mass is 32.2. The molecule has 0 radical (unpaired) electrons. The molecule has 4 nitrogen and oxygen atoms in total. The van der Waals surface area contributed by atoms with Gasteiger partial charge in [-0.15, -0.1) is 10.2 Å². The Hall–Kier alpha value is -2.86. The second kappa shape index (κ2) is 6.70. The number of anilines is 2. The largest absolute Gasteiger partial charge is 0.309 e. The van der Waals surface area contributed by atoms with Crippen molar-refractivity contribution in [1.29, 1.82) is 0 Å². The fraction of sp³-hybridized carbons (Fsp3) is 0.143. The highest BCUT2D eigenvalue weighted by Crippen LogP contribution is 2.34. The molecule has 0 fully saturated rings. The molecule has 0 aliphatic carbocycles. The first-order chi connectivity index (χ1) is 13.3. The van der Waals surface area contributed by atoms with Crippen LogP contribution in [0.5, 0.6) is 0 Å². The van der Waals surface area contributed by atoms with Crippen LogP contribution in [0.15, 0.2) is 71.9 Å².